The van der Waals surface area contributed by atoms with Crippen LogP contribution in [-0.4, -0.2) is 17.5 Å². The van der Waals surface area contributed by atoms with Crippen LogP contribution >= 0.6 is 28.1 Å². The van der Waals surface area contributed by atoms with Gasteiger partial charge in [0.25, 0.3) is 0 Å². The van der Waals surface area contributed by atoms with Gasteiger partial charge in [0.2, 0.25) is 0 Å². The second kappa shape index (κ2) is 7.24. The van der Waals surface area contributed by atoms with Gasteiger partial charge in [-0.15, -0.1) is 0 Å². The molecule has 6 heteroatoms. The second-order valence-corrected chi connectivity index (χ2v) is 6.43. The molecule has 4 nitrogen and oxygen atoms in total. The lowest BCUT2D eigenvalue weighted by molar-refractivity contribution is -0.114. The van der Waals surface area contributed by atoms with E-state index in [0.717, 1.165) is 27.9 Å². The van der Waals surface area contributed by atoms with Crippen LogP contribution in [0.3, 0.4) is 0 Å². The third kappa shape index (κ3) is 3.67. The highest BCUT2D eigenvalue weighted by Crippen LogP contribution is 2.33. The molecule has 1 aliphatic rings. The van der Waals surface area contributed by atoms with Crippen molar-refractivity contribution in [1.29, 1.82) is 0 Å². The number of thiocarbonyl (C=S) groups is 1. The van der Waals surface area contributed by atoms with E-state index in [1.54, 1.807) is 6.92 Å². The number of ether oxygens (including phenoxy) is 1. The van der Waals surface area contributed by atoms with Crippen molar-refractivity contribution in [3.63, 3.8) is 0 Å². The smallest absolute Gasteiger partial charge is 0.171 e. The van der Waals surface area contributed by atoms with E-state index < -0.39 is 0 Å². The van der Waals surface area contributed by atoms with Gasteiger partial charge in [-0.05, 0) is 66.1 Å². The third-order valence-corrected chi connectivity index (χ3v) is 4.24. The van der Waals surface area contributed by atoms with Gasteiger partial charge in [0, 0.05) is 11.3 Å². The highest BCUT2D eigenvalue weighted by atomic mass is 79.9. The topological polar surface area (TPSA) is 50.4 Å². The van der Waals surface area contributed by atoms with Gasteiger partial charge in [0.05, 0.1) is 17.1 Å². The lowest BCUT2D eigenvalue weighted by Gasteiger charge is -2.30. The molecular formula is C16H19BrN2O2S. The molecule has 0 saturated heterocycles. The van der Waals surface area contributed by atoms with Crippen LogP contribution in [0.1, 0.15) is 38.8 Å². The predicted octanol–water partition coefficient (Wildman–Crippen LogP) is 3.62. The number of carbonyl (C=O) groups is 1. The van der Waals surface area contributed by atoms with Crippen molar-refractivity contribution in [2.24, 2.45) is 0 Å². The van der Waals surface area contributed by atoms with E-state index >= 15 is 0 Å². The Labute approximate surface area is 144 Å². The Balaban J connectivity index is 2.37. The minimum absolute atomic E-state index is 0.0208. The molecule has 0 saturated carbocycles. The number of carbonyl (C=O) groups excluding carboxylic acids is 1. The number of nitrogens with one attached hydrogen (secondary N) is 2. The van der Waals surface area contributed by atoms with Crippen molar-refractivity contribution < 1.29 is 9.53 Å². The maximum Gasteiger partial charge on any atom is 0.171 e. The molecule has 1 heterocycles. The molecule has 0 amide bonds. The zero-order valence-electron chi connectivity index (χ0n) is 12.8. The fourth-order valence-corrected chi connectivity index (χ4v) is 3.22. The Kier molecular flexibility index (Phi) is 5.58. The number of allylic oxidation sites excluding steroid dienone is 1. The molecule has 2 rings (SSSR count). The number of Topliss-reactive ketones (excluding diaryl/α,β-unsaturated/α-hetero) is 1. The summed E-state index contributed by atoms with van der Waals surface area (Å²) >= 11 is 8.74. The average molecular weight is 383 g/mol. The summed E-state index contributed by atoms with van der Waals surface area (Å²) in [4.78, 5) is 12.0. The Morgan fingerprint density at radius 2 is 2.18 bits per heavy atom. The number of hydrogen-bond donors (Lipinski definition) is 2. The number of benzene rings is 1. The maximum absolute atomic E-state index is 12.0. The fraction of sp³-hybridized carbons (Fsp3) is 0.375. The highest BCUT2D eigenvalue weighted by Gasteiger charge is 2.28. The molecule has 2 N–H and O–H groups in total. The second-order valence-electron chi connectivity index (χ2n) is 5.16. The van der Waals surface area contributed by atoms with Crippen molar-refractivity contribution in [2.45, 2.75) is 33.2 Å². The quantitative estimate of drug-likeness (QED) is 0.761. The molecule has 0 fully saturated rings. The molecule has 22 heavy (non-hydrogen) atoms. The maximum atomic E-state index is 12.0. The van der Waals surface area contributed by atoms with E-state index in [-0.39, 0.29) is 11.8 Å². The first kappa shape index (κ1) is 17.0. The third-order valence-electron chi connectivity index (χ3n) is 3.40. The van der Waals surface area contributed by atoms with Gasteiger partial charge < -0.3 is 15.4 Å². The van der Waals surface area contributed by atoms with Crippen molar-refractivity contribution >= 4 is 39.0 Å². The van der Waals surface area contributed by atoms with Gasteiger partial charge in [0.1, 0.15) is 5.75 Å². The number of hydrogen-bond acceptors (Lipinski definition) is 3. The van der Waals surface area contributed by atoms with Crippen LogP contribution < -0.4 is 15.4 Å². The van der Waals surface area contributed by atoms with E-state index in [9.17, 15) is 4.79 Å². The fourth-order valence-electron chi connectivity index (χ4n) is 2.44. The van der Waals surface area contributed by atoms with Crippen LogP contribution in [0.15, 0.2) is 33.9 Å². The summed E-state index contributed by atoms with van der Waals surface area (Å²) in [5.41, 5.74) is 2.45. The standard InChI is InChI=1S/C16H19BrN2O2S/c1-4-7-21-13-6-5-11(8-12(13)17)15-14(10(3)20)9(2)18-16(22)19-15/h5-6,8,15H,4,7H2,1-3H3,(H2,18,19,22). The average Bonchev–Trinajstić information content (AvgIpc) is 2.44. The lowest BCUT2D eigenvalue weighted by atomic mass is 9.93. The van der Waals surface area contributed by atoms with Crippen molar-refractivity contribution in [3.05, 3.63) is 39.5 Å². The normalized spacial score (nSPS) is 17.8. The zero-order valence-corrected chi connectivity index (χ0v) is 15.2. The van der Waals surface area contributed by atoms with E-state index in [4.69, 9.17) is 17.0 Å². The van der Waals surface area contributed by atoms with Crippen molar-refractivity contribution in [2.75, 3.05) is 6.61 Å². The Morgan fingerprint density at radius 1 is 1.45 bits per heavy atom. The van der Waals surface area contributed by atoms with Gasteiger partial charge in [-0.3, -0.25) is 4.79 Å². The van der Waals surface area contributed by atoms with E-state index in [1.165, 1.54) is 0 Å². The summed E-state index contributed by atoms with van der Waals surface area (Å²) in [6.07, 6.45) is 0.953. The van der Waals surface area contributed by atoms with Gasteiger partial charge >= 0.3 is 0 Å². The van der Waals surface area contributed by atoms with Gasteiger partial charge in [-0.2, -0.15) is 0 Å². The Bertz CT molecular complexity index is 643. The molecule has 118 valence electrons. The molecule has 0 bridgehead atoms. The molecule has 0 radical (unpaired) electrons. The van der Waals surface area contributed by atoms with E-state index in [0.29, 0.717) is 17.3 Å². The lowest BCUT2D eigenvalue weighted by Crippen LogP contribution is -2.44. The first-order valence-electron chi connectivity index (χ1n) is 7.15. The molecule has 1 atom stereocenters. The zero-order chi connectivity index (χ0) is 16.3. The molecule has 1 aromatic rings. The summed E-state index contributed by atoms with van der Waals surface area (Å²) in [7, 11) is 0. The van der Waals surface area contributed by atoms with Crippen LogP contribution in [0.25, 0.3) is 0 Å². The van der Waals surface area contributed by atoms with Crippen LogP contribution in [-0.2, 0) is 4.79 Å². The van der Waals surface area contributed by atoms with E-state index in [2.05, 4.69) is 33.5 Å². The summed E-state index contributed by atoms with van der Waals surface area (Å²) in [6, 6.07) is 5.59. The number of rotatable bonds is 5. The summed E-state index contributed by atoms with van der Waals surface area (Å²) in [5, 5.41) is 6.69. The molecule has 1 unspecified atom stereocenters. The minimum atomic E-state index is -0.247. The molecule has 0 aromatic heterocycles. The number of halogens is 1. The van der Waals surface area contributed by atoms with Crippen LogP contribution in [0.5, 0.6) is 5.75 Å². The van der Waals surface area contributed by atoms with Crippen LogP contribution in [0.4, 0.5) is 0 Å². The summed E-state index contributed by atoms with van der Waals surface area (Å²) in [5.74, 6) is 0.819. The number of ketones is 1. The first-order chi connectivity index (χ1) is 10.4. The van der Waals surface area contributed by atoms with Gasteiger partial charge in [-0.1, -0.05) is 13.0 Å². The molecular weight excluding hydrogens is 364 g/mol. The molecule has 1 aliphatic heterocycles. The Morgan fingerprint density at radius 3 is 2.77 bits per heavy atom. The highest BCUT2D eigenvalue weighted by molar-refractivity contribution is 9.10. The van der Waals surface area contributed by atoms with Crippen molar-refractivity contribution in [3.8, 4) is 5.75 Å². The van der Waals surface area contributed by atoms with Gasteiger partial charge in [0.15, 0.2) is 10.9 Å². The van der Waals surface area contributed by atoms with Crippen molar-refractivity contribution in [1.82, 2.24) is 10.6 Å². The summed E-state index contributed by atoms with van der Waals surface area (Å²) in [6.45, 7) is 6.17. The van der Waals surface area contributed by atoms with Gasteiger partial charge in [-0.25, -0.2) is 0 Å². The molecule has 1 aromatic carbocycles. The monoisotopic (exact) mass is 382 g/mol. The molecule has 0 spiro atoms. The largest absolute Gasteiger partial charge is 0.492 e. The van der Waals surface area contributed by atoms with Crippen LogP contribution in [0, 0.1) is 0 Å². The minimum Gasteiger partial charge on any atom is -0.492 e. The predicted molar refractivity (Wildman–Crippen MR) is 94.9 cm³/mol. The van der Waals surface area contributed by atoms with Crippen LogP contribution in [0.2, 0.25) is 0 Å². The first-order valence-corrected chi connectivity index (χ1v) is 8.35. The Hall–Kier alpha value is -1.40. The van der Waals surface area contributed by atoms with E-state index in [1.807, 2.05) is 25.1 Å². The summed E-state index contributed by atoms with van der Waals surface area (Å²) < 4.78 is 6.53. The SMILES string of the molecule is CCCOc1ccc(C2NC(=S)NC(C)=C2C(C)=O)cc1Br. The molecule has 0 aliphatic carbocycles.